The third-order valence-corrected chi connectivity index (χ3v) is 5.36. The highest BCUT2D eigenvalue weighted by Gasteiger charge is 2.36. The van der Waals surface area contributed by atoms with Crippen molar-refractivity contribution in [1.82, 2.24) is 5.32 Å². The predicted octanol–water partition coefficient (Wildman–Crippen LogP) is 4.85. The number of furan rings is 1. The van der Waals surface area contributed by atoms with Gasteiger partial charge in [-0.3, -0.25) is 0 Å². The summed E-state index contributed by atoms with van der Waals surface area (Å²) in [6.07, 6.45) is 9.81. The molecule has 2 aliphatic carbocycles. The molecule has 0 saturated heterocycles. The summed E-state index contributed by atoms with van der Waals surface area (Å²) in [6, 6.07) is 4.95. The molecule has 3 rings (SSSR count). The van der Waals surface area contributed by atoms with Crippen LogP contribution in [0.25, 0.3) is 0 Å². The summed E-state index contributed by atoms with van der Waals surface area (Å²) >= 11 is 0. The molecular formula is C18H29NO. The first-order chi connectivity index (χ1) is 9.74. The maximum atomic E-state index is 5.98. The van der Waals surface area contributed by atoms with Gasteiger partial charge in [0.1, 0.15) is 11.5 Å². The molecule has 0 radical (unpaired) electrons. The molecule has 2 unspecified atom stereocenters. The van der Waals surface area contributed by atoms with E-state index in [1.54, 1.807) is 0 Å². The van der Waals surface area contributed by atoms with Gasteiger partial charge in [0.15, 0.2) is 0 Å². The van der Waals surface area contributed by atoms with Crippen molar-refractivity contribution in [2.24, 2.45) is 11.8 Å². The van der Waals surface area contributed by atoms with E-state index >= 15 is 0 Å². The van der Waals surface area contributed by atoms with Crippen LogP contribution < -0.4 is 5.32 Å². The van der Waals surface area contributed by atoms with Crippen LogP contribution in [-0.2, 0) is 6.54 Å². The Kier molecular flexibility index (Phi) is 4.50. The Morgan fingerprint density at radius 2 is 1.90 bits per heavy atom. The van der Waals surface area contributed by atoms with Crippen molar-refractivity contribution in [3.8, 4) is 0 Å². The molecule has 1 N–H and O–H groups in total. The van der Waals surface area contributed by atoms with Gasteiger partial charge in [-0.25, -0.2) is 0 Å². The van der Waals surface area contributed by atoms with Gasteiger partial charge in [0.2, 0.25) is 0 Å². The Morgan fingerprint density at radius 3 is 2.55 bits per heavy atom. The first-order valence-electron chi connectivity index (χ1n) is 8.56. The Hall–Kier alpha value is -0.760. The van der Waals surface area contributed by atoms with Crippen LogP contribution in [-0.4, -0.2) is 6.04 Å². The number of hydrogen-bond acceptors (Lipinski definition) is 2. The first kappa shape index (κ1) is 14.2. The Morgan fingerprint density at radius 1 is 1.20 bits per heavy atom. The summed E-state index contributed by atoms with van der Waals surface area (Å²) in [7, 11) is 0. The van der Waals surface area contributed by atoms with E-state index in [1.165, 1.54) is 50.7 Å². The van der Waals surface area contributed by atoms with Crippen LogP contribution in [0.3, 0.4) is 0 Å². The van der Waals surface area contributed by atoms with E-state index in [1.807, 2.05) is 0 Å². The lowest BCUT2D eigenvalue weighted by Crippen LogP contribution is -2.32. The van der Waals surface area contributed by atoms with E-state index < -0.39 is 0 Å². The SMILES string of the molecule is CC1CC1c1ccc(CN[C@H](C)C2CCCCCC2)o1. The van der Waals surface area contributed by atoms with Gasteiger partial charge >= 0.3 is 0 Å². The fourth-order valence-corrected chi connectivity index (χ4v) is 3.65. The van der Waals surface area contributed by atoms with Crippen molar-refractivity contribution in [3.05, 3.63) is 23.7 Å². The lowest BCUT2D eigenvalue weighted by molar-refractivity contribution is 0.324. The normalized spacial score (nSPS) is 29.1. The molecule has 0 spiro atoms. The number of hydrogen-bond donors (Lipinski definition) is 1. The Balaban J connectivity index is 1.47. The molecule has 3 atom stereocenters. The highest BCUT2D eigenvalue weighted by atomic mass is 16.3. The summed E-state index contributed by atoms with van der Waals surface area (Å²) < 4.78 is 5.98. The van der Waals surface area contributed by atoms with Gasteiger partial charge in [0, 0.05) is 12.0 Å². The average molecular weight is 275 g/mol. The van der Waals surface area contributed by atoms with Crippen molar-refractivity contribution >= 4 is 0 Å². The molecule has 0 aliphatic heterocycles. The van der Waals surface area contributed by atoms with E-state index in [-0.39, 0.29) is 0 Å². The van der Waals surface area contributed by atoms with E-state index in [4.69, 9.17) is 4.42 Å². The van der Waals surface area contributed by atoms with Gasteiger partial charge in [0.05, 0.1) is 6.54 Å². The molecule has 0 aromatic carbocycles. The Labute approximate surface area is 123 Å². The van der Waals surface area contributed by atoms with Crippen molar-refractivity contribution in [2.45, 2.75) is 77.3 Å². The molecule has 1 aromatic rings. The fraction of sp³-hybridized carbons (Fsp3) is 0.778. The van der Waals surface area contributed by atoms with Gasteiger partial charge in [-0.05, 0) is 50.2 Å². The maximum absolute atomic E-state index is 5.98. The second-order valence-electron chi connectivity index (χ2n) is 7.04. The highest BCUT2D eigenvalue weighted by molar-refractivity contribution is 5.17. The second kappa shape index (κ2) is 6.34. The molecule has 2 saturated carbocycles. The van der Waals surface area contributed by atoms with Gasteiger partial charge < -0.3 is 9.73 Å². The van der Waals surface area contributed by atoms with Crippen LogP contribution >= 0.6 is 0 Å². The molecule has 0 bridgehead atoms. The number of nitrogens with one attached hydrogen (secondary N) is 1. The third-order valence-electron chi connectivity index (χ3n) is 5.36. The highest BCUT2D eigenvalue weighted by Crippen LogP contribution is 2.47. The topological polar surface area (TPSA) is 25.2 Å². The molecule has 20 heavy (non-hydrogen) atoms. The zero-order valence-electron chi connectivity index (χ0n) is 13.0. The van der Waals surface area contributed by atoms with Crippen LogP contribution in [0.5, 0.6) is 0 Å². The summed E-state index contributed by atoms with van der Waals surface area (Å²) in [5.74, 6) is 4.70. The minimum atomic E-state index is 0.612. The zero-order valence-corrected chi connectivity index (χ0v) is 13.0. The predicted molar refractivity (Wildman–Crippen MR) is 82.7 cm³/mol. The van der Waals surface area contributed by atoms with Crippen LogP contribution in [0.2, 0.25) is 0 Å². The second-order valence-corrected chi connectivity index (χ2v) is 7.04. The maximum Gasteiger partial charge on any atom is 0.117 e. The van der Waals surface area contributed by atoms with E-state index in [2.05, 4.69) is 31.3 Å². The van der Waals surface area contributed by atoms with Crippen molar-refractivity contribution in [3.63, 3.8) is 0 Å². The molecule has 0 amide bonds. The van der Waals surface area contributed by atoms with Crippen molar-refractivity contribution in [1.29, 1.82) is 0 Å². The van der Waals surface area contributed by atoms with Crippen LogP contribution in [0.4, 0.5) is 0 Å². The summed E-state index contributed by atoms with van der Waals surface area (Å²) in [5.41, 5.74) is 0. The molecule has 1 aromatic heterocycles. The quantitative estimate of drug-likeness (QED) is 0.777. The van der Waals surface area contributed by atoms with Crippen molar-refractivity contribution in [2.75, 3.05) is 0 Å². The minimum Gasteiger partial charge on any atom is -0.464 e. The van der Waals surface area contributed by atoms with Crippen molar-refractivity contribution < 1.29 is 4.42 Å². The summed E-state index contributed by atoms with van der Waals surface area (Å²) in [6.45, 7) is 5.54. The van der Waals surface area contributed by atoms with Gasteiger partial charge in [-0.15, -0.1) is 0 Å². The van der Waals surface area contributed by atoms with E-state index in [0.717, 1.165) is 24.1 Å². The molecule has 2 nitrogen and oxygen atoms in total. The lowest BCUT2D eigenvalue weighted by atomic mass is 9.93. The summed E-state index contributed by atoms with van der Waals surface area (Å²) in [4.78, 5) is 0. The van der Waals surface area contributed by atoms with Crippen LogP contribution in [0.1, 0.15) is 76.2 Å². The van der Waals surface area contributed by atoms with E-state index in [0.29, 0.717) is 12.0 Å². The Bertz CT molecular complexity index is 417. The fourth-order valence-electron chi connectivity index (χ4n) is 3.65. The largest absolute Gasteiger partial charge is 0.464 e. The average Bonchev–Trinajstić information content (AvgIpc) is 3.09. The summed E-state index contributed by atoms with van der Waals surface area (Å²) in [5, 5.41) is 3.69. The monoisotopic (exact) mass is 275 g/mol. The first-order valence-corrected chi connectivity index (χ1v) is 8.56. The molecule has 112 valence electrons. The molecule has 2 aliphatic rings. The van der Waals surface area contributed by atoms with Gasteiger partial charge in [-0.1, -0.05) is 32.6 Å². The third kappa shape index (κ3) is 3.46. The van der Waals surface area contributed by atoms with Gasteiger partial charge in [-0.2, -0.15) is 0 Å². The van der Waals surface area contributed by atoms with Crippen LogP contribution in [0, 0.1) is 11.8 Å². The minimum absolute atomic E-state index is 0.612. The zero-order chi connectivity index (χ0) is 13.9. The standard InChI is InChI=1S/C18H29NO/c1-13-11-17(13)18-10-9-16(20-18)12-19-14(2)15-7-5-3-4-6-8-15/h9-10,13-15,17,19H,3-8,11-12H2,1-2H3/t13?,14-,17?/m1/s1. The smallest absolute Gasteiger partial charge is 0.117 e. The molecule has 2 heteroatoms. The molecule has 2 fully saturated rings. The van der Waals surface area contributed by atoms with Crippen LogP contribution in [0.15, 0.2) is 16.5 Å². The van der Waals surface area contributed by atoms with E-state index in [9.17, 15) is 0 Å². The molecule has 1 heterocycles. The lowest BCUT2D eigenvalue weighted by Gasteiger charge is -2.23. The number of rotatable bonds is 5. The van der Waals surface area contributed by atoms with Gasteiger partial charge in [0.25, 0.3) is 0 Å². The molecular weight excluding hydrogens is 246 g/mol.